The van der Waals surface area contributed by atoms with E-state index in [1.54, 1.807) is 0 Å². The fourth-order valence-electron chi connectivity index (χ4n) is 1.88. The van der Waals surface area contributed by atoms with Crippen molar-refractivity contribution < 1.29 is 4.79 Å². The Bertz CT molecular complexity index is 563. The summed E-state index contributed by atoms with van der Waals surface area (Å²) in [5, 5.41) is 2.91. The third-order valence-electron chi connectivity index (χ3n) is 2.84. The van der Waals surface area contributed by atoms with Crippen molar-refractivity contribution in [2.24, 2.45) is 0 Å². The van der Waals surface area contributed by atoms with E-state index in [-0.39, 0.29) is 5.91 Å². The van der Waals surface area contributed by atoms with Crippen molar-refractivity contribution in [3.8, 4) is 0 Å². The Balaban J connectivity index is 2.06. The standard InChI is InChI=1S/C16H16INO/c1-2-4-12-7-9-15(10-8-12)18-16(19)13-5-3-6-14(17)11-13/h3,5-11H,2,4H2,1H3,(H,18,19). The van der Waals surface area contributed by atoms with Gasteiger partial charge in [-0.3, -0.25) is 4.79 Å². The summed E-state index contributed by atoms with van der Waals surface area (Å²) in [6.07, 6.45) is 2.21. The predicted molar refractivity (Wildman–Crippen MR) is 87.5 cm³/mol. The van der Waals surface area contributed by atoms with Crippen molar-refractivity contribution in [1.29, 1.82) is 0 Å². The predicted octanol–water partition coefficient (Wildman–Crippen LogP) is 4.50. The fourth-order valence-corrected chi connectivity index (χ4v) is 2.42. The maximum Gasteiger partial charge on any atom is 0.255 e. The van der Waals surface area contributed by atoms with Crippen LogP contribution in [0.25, 0.3) is 0 Å². The van der Waals surface area contributed by atoms with Gasteiger partial charge in [0.05, 0.1) is 0 Å². The molecule has 3 heteroatoms. The molecule has 0 spiro atoms. The van der Waals surface area contributed by atoms with E-state index in [1.165, 1.54) is 5.56 Å². The Morgan fingerprint density at radius 2 is 1.89 bits per heavy atom. The molecule has 0 heterocycles. The van der Waals surface area contributed by atoms with Gasteiger partial charge in [0.25, 0.3) is 5.91 Å². The second-order valence-corrected chi connectivity index (χ2v) is 5.66. The normalized spacial score (nSPS) is 10.2. The number of aryl methyl sites for hydroxylation is 1. The second kappa shape index (κ2) is 6.70. The molecule has 2 nitrogen and oxygen atoms in total. The van der Waals surface area contributed by atoms with Gasteiger partial charge in [-0.2, -0.15) is 0 Å². The third-order valence-corrected chi connectivity index (χ3v) is 3.51. The van der Waals surface area contributed by atoms with Gasteiger partial charge in [0.15, 0.2) is 0 Å². The van der Waals surface area contributed by atoms with Gasteiger partial charge in [0.1, 0.15) is 0 Å². The number of hydrogen-bond donors (Lipinski definition) is 1. The molecule has 1 amide bonds. The minimum Gasteiger partial charge on any atom is -0.322 e. The molecule has 1 N–H and O–H groups in total. The quantitative estimate of drug-likeness (QED) is 0.795. The highest BCUT2D eigenvalue weighted by Crippen LogP contribution is 2.14. The van der Waals surface area contributed by atoms with Gasteiger partial charge >= 0.3 is 0 Å². The molecule has 2 aromatic rings. The van der Waals surface area contributed by atoms with Crippen LogP contribution in [0.1, 0.15) is 29.3 Å². The molecule has 0 atom stereocenters. The average Bonchev–Trinajstić information content (AvgIpc) is 2.41. The zero-order chi connectivity index (χ0) is 13.7. The van der Waals surface area contributed by atoms with Gasteiger partial charge in [-0.1, -0.05) is 31.5 Å². The fraction of sp³-hybridized carbons (Fsp3) is 0.188. The molecule has 2 rings (SSSR count). The number of halogens is 1. The first-order chi connectivity index (χ1) is 9.19. The molecule has 0 saturated carbocycles. The first-order valence-corrected chi connectivity index (χ1v) is 7.43. The highest BCUT2D eigenvalue weighted by Gasteiger charge is 2.06. The van der Waals surface area contributed by atoms with Crippen LogP contribution in [-0.2, 0) is 6.42 Å². The molecular weight excluding hydrogens is 349 g/mol. The van der Waals surface area contributed by atoms with Crippen LogP contribution in [-0.4, -0.2) is 5.91 Å². The Morgan fingerprint density at radius 3 is 2.53 bits per heavy atom. The molecule has 19 heavy (non-hydrogen) atoms. The summed E-state index contributed by atoms with van der Waals surface area (Å²) in [4.78, 5) is 12.1. The Morgan fingerprint density at radius 1 is 1.16 bits per heavy atom. The second-order valence-electron chi connectivity index (χ2n) is 4.41. The molecule has 0 fully saturated rings. The highest BCUT2D eigenvalue weighted by atomic mass is 127. The van der Waals surface area contributed by atoms with Crippen LogP contribution in [0.15, 0.2) is 48.5 Å². The van der Waals surface area contributed by atoms with Gasteiger partial charge in [-0.05, 0) is 64.9 Å². The number of rotatable bonds is 4. The van der Waals surface area contributed by atoms with Crippen molar-refractivity contribution in [3.63, 3.8) is 0 Å². The van der Waals surface area contributed by atoms with Crippen LogP contribution in [0.3, 0.4) is 0 Å². The van der Waals surface area contributed by atoms with Crippen molar-refractivity contribution in [2.45, 2.75) is 19.8 Å². The summed E-state index contributed by atoms with van der Waals surface area (Å²) < 4.78 is 1.06. The highest BCUT2D eigenvalue weighted by molar-refractivity contribution is 14.1. The summed E-state index contributed by atoms with van der Waals surface area (Å²) in [5.74, 6) is -0.0678. The summed E-state index contributed by atoms with van der Waals surface area (Å²) >= 11 is 2.20. The summed E-state index contributed by atoms with van der Waals surface area (Å²) in [5.41, 5.74) is 2.82. The lowest BCUT2D eigenvalue weighted by Gasteiger charge is -2.06. The lowest BCUT2D eigenvalue weighted by atomic mass is 10.1. The summed E-state index contributed by atoms with van der Waals surface area (Å²) in [6.45, 7) is 2.16. The van der Waals surface area contributed by atoms with Crippen LogP contribution in [0, 0.1) is 3.57 Å². The zero-order valence-electron chi connectivity index (χ0n) is 10.8. The topological polar surface area (TPSA) is 29.1 Å². The van der Waals surface area contributed by atoms with Gasteiger partial charge in [-0.25, -0.2) is 0 Å². The molecule has 0 aliphatic rings. The average molecular weight is 365 g/mol. The van der Waals surface area contributed by atoms with Crippen LogP contribution >= 0.6 is 22.6 Å². The minimum absolute atomic E-state index is 0.0678. The molecule has 0 aromatic heterocycles. The maximum atomic E-state index is 12.1. The summed E-state index contributed by atoms with van der Waals surface area (Å²) in [6, 6.07) is 15.6. The van der Waals surface area contributed by atoms with Gasteiger partial charge in [0.2, 0.25) is 0 Å². The molecule has 0 aliphatic heterocycles. The van der Waals surface area contributed by atoms with Crippen LogP contribution in [0.2, 0.25) is 0 Å². The van der Waals surface area contributed by atoms with Crippen molar-refractivity contribution in [3.05, 3.63) is 63.2 Å². The van der Waals surface area contributed by atoms with Gasteiger partial charge in [-0.15, -0.1) is 0 Å². The smallest absolute Gasteiger partial charge is 0.255 e. The van der Waals surface area contributed by atoms with Crippen molar-refractivity contribution in [1.82, 2.24) is 0 Å². The van der Waals surface area contributed by atoms with E-state index < -0.39 is 0 Å². The third kappa shape index (κ3) is 4.06. The maximum absolute atomic E-state index is 12.1. The minimum atomic E-state index is -0.0678. The molecule has 0 saturated heterocycles. The lowest BCUT2D eigenvalue weighted by Crippen LogP contribution is -2.11. The molecule has 0 radical (unpaired) electrons. The van der Waals surface area contributed by atoms with Crippen LogP contribution < -0.4 is 5.32 Å². The molecule has 98 valence electrons. The number of amides is 1. The molecule has 0 aliphatic carbocycles. The zero-order valence-corrected chi connectivity index (χ0v) is 13.0. The van der Waals surface area contributed by atoms with E-state index in [2.05, 4.69) is 47.0 Å². The molecule has 0 unspecified atom stereocenters. The van der Waals surface area contributed by atoms with Crippen LogP contribution in [0.5, 0.6) is 0 Å². The van der Waals surface area contributed by atoms with E-state index in [1.807, 2.05) is 36.4 Å². The van der Waals surface area contributed by atoms with Gasteiger partial charge in [0, 0.05) is 14.8 Å². The lowest BCUT2D eigenvalue weighted by molar-refractivity contribution is 0.102. The van der Waals surface area contributed by atoms with E-state index in [0.29, 0.717) is 5.56 Å². The Labute approximate surface area is 127 Å². The number of carbonyl (C=O) groups excluding carboxylic acids is 1. The Hall–Kier alpha value is -1.36. The molecular formula is C16H16INO. The molecule has 2 aromatic carbocycles. The monoisotopic (exact) mass is 365 g/mol. The van der Waals surface area contributed by atoms with E-state index >= 15 is 0 Å². The Kier molecular flexibility index (Phi) is 4.96. The van der Waals surface area contributed by atoms with E-state index in [0.717, 1.165) is 22.1 Å². The van der Waals surface area contributed by atoms with Crippen LogP contribution in [0.4, 0.5) is 5.69 Å². The number of anilines is 1. The SMILES string of the molecule is CCCc1ccc(NC(=O)c2cccc(I)c2)cc1. The first kappa shape index (κ1) is 14.1. The van der Waals surface area contributed by atoms with E-state index in [4.69, 9.17) is 0 Å². The number of carbonyl (C=O) groups is 1. The van der Waals surface area contributed by atoms with Gasteiger partial charge < -0.3 is 5.32 Å². The largest absolute Gasteiger partial charge is 0.322 e. The van der Waals surface area contributed by atoms with Crippen molar-refractivity contribution >= 4 is 34.2 Å². The van der Waals surface area contributed by atoms with Crippen molar-refractivity contribution in [2.75, 3.05) is 5.32 Å². The number of hydrogen-bond acceptors (Lipinski definition) is 1. The summed E-state index contributed by atoms with van der Waals surface area (Å²) in [7, 11) is 0. The van der Waals surface area contributed by atoms with E-state index in [9.17, 15) is 4.79 Å². The first-order valence-electron chi connectivity index (χ1n) is 6.35. The number of benzene rings is 2. The molecule has 0 bridgehead atoms. The number of nitrogens with one attached hydrogen (secondary N) is 1.